The molecule has 1 fully saturated rings. The zero-order valence-electron chi connectivity index (χ0n) is 13.2. The number of hydrogen-bond donors (Lipinski definition) is 2. The van der Waals surface area contributed by atoms with E-state index in [-0.39, 0.29) is 12.5 Å². The number of aryl methyl sites for hydroxylation is 1. The predicted octanol–water partition coefficient (Wildman–Crippen LogP) is 0.338. The van der Waals surface area contributed by atoms with Crippen molar-refractivity contribution in [1.82, 2.24) is 15.1 Å². The van der Waals surface area contributed by atoms with Crippen molar-refractivity contribution in [2.75, 3.05) is 32.7 Å². The lowest BCUT2D eigenvalue weighted by molar-refractivity contribution is -0.121. The van der Waals surface area contributed by atoms with Crippen molar-refractivity contribution >= 4 is 17.8 Å². The molecule has 1 saturated heterocycles. The van der Waals surface area contributed by atoms with E-state index in [1.807, 2.05) is 36.1 Å². The van der Waals surface area contributed by atoms with Crippen molar-refractivity contribution in [3.8, 4) is 0 Å². The Bertz CT molecular complexity index is 603. The molecule has 1 aromatic carbocycles. The van der Waals surface area contributed by atoms with Gasteiger partial charge in [-0.3, -0.25) is 19.8 Å². The summed E-state index contributed by atoms with van der Waals surface area (Å²) in [5.74, 6) is -0.409. The van der Waals surface area contributed by atoms with Gasteiger partial charge in [0.25, 0.3) is 5.91 Å². The zero-order chi connectivity index (χ0) is 16.8. The molecule has 3 N–H and O–H groups in total. The minimum Gasteiger partial charge on any atom is -0.351 e. The topological polar surface area (TPSA) is 95.7 Å². The number of hydrogen-bond acceptors (Lipinski definition) is 4. The summed E-state index contributed by atoms with van der Waals surface area (Å²) >= 11 is 0. The van der Waals surface area contributed by atoms with E-state index in [4.69, 9.17) is 5.73 Å². The Morgan fingerprint density at radius 1 is 1.17 bits per heavy atom. The monoisotopic (exact) mass is 318 g/mol. The van der Waals surface area contributed by atoms with Crippen LogP contribution in [0.2, 0.25) is 0 Å². The highest BCUT2D eigenvalue weighted by Gasteiger charge is 2.21. The van der Waals surface area contributed by atoms with E-state index in [0.29, 0.717) is 31.7 Å². The van der Waals surface area contributed by atoms with Crippen molar-refractivity contribution in [1.29, 1.82) is 0 Å². The van der Waals surface area contributed by atoms with Gasteiger partial charge in [0.2, 0.25) is 5.91 Å². The molecule has 0 atom stereocenters. The normalized spacial score (nSPS) is 15.8. The van der Waals surface area contributed by atoms with Gasteiger partial charge in [0.15, 0.2) is 0 Å². The van der Waals surface area contributed by atoms with Gasteiger partial charge in [-0.1, -0.05) is 17.7 Å². The number of carbonyl (C=O) groups is 3. The molecule has 1 heterocycles. The summed E-state index contributed by atoms with van der Waals surface area (Å²) in [6.07, 6.45) is 0.779. The number of carbonyl (C=O) groups excluding carboxylic acids is 3. The number of nitrogens with zero attached hydrogens (tertiary/aromatic N) is 2. The van der Waals surface area contributed by atoms with E-state index in [1.165, 1.54) is 0 Å². The van der Waals surface area contributed by atoms with Gasteiger partial charge in [0, 0.05) is 31.7 Å². The predicted molar refractivity (Wildman–Crippen MR) is 85.9 cm³/mol. The third-order valence-electron chi connectivity index (χ3n) is 3.77. The Morgan fingerprint density at radius 2 is 1.96 bits per heavy atom. The third kappa shape index (κ3) is 5.07. The summed E-state index contributed by atoms with van der Waals surface area (Å²) < 4.78 is 0. The molecular formula is C16H22N4O3. The smallest absolute Gasteiger partial charge is 0.318 e. The lowest BCUT2D eigenvalue weighted by Gasteiger charge is -2.21. The van der Waals surface area contributed by atoms with Gasteiger partial charge in [-0.25, -0.2) is 4.79 Å². The number of imide groups is 1. The van der Waals surface area contributed by atoms with E-state index in [0.717, 1.165) is 12.0 Å². The summed E-state index contributed by atoms with van der Waals surface area (Å²) in [6.45, 7) is 4.55. The van der Waals surface area contributed by atoms with Crippen LogP contribution in [0, 0.1) is 6.92 Å². The highest BCUT2D eigenvalue weighted by molar-refractivity contribution is 5.95. The van der Waals surface area contributed by atoms with E-state index < -0.39 is 11.9 Å². The van der Waals surface area contributed by atoms with Crippen LogP contribution in [0.15, 0.2) is 24.3 Å². The summed E-state index contributed by atoms with van der Waals surface area (Å²) in [5.41, 5.74) is 6.66. The number of urea groups is 1. The van der Waals surface area contributed by atoms with Gasteiger partial charge in [-0.2, -0.15) is 0 Å². The van der Waals surface area contributed by atoms with Gasteiger partial charge in [-0.15, -0.1) is 0 Å². The van der Waals surface area contributed by atoms with Gasteiger partial charge < -0.3 is 10.6 Å². The molecule has 0 saturated carbocycles. The van der Waals surface area contributed by atoms with Gasteiger partial charge in [-0.05, 0) is 25.5 Å². The van der Waals surface area contributed by atoms with Crippen LogP contribution in [-0.4, -0.2) is 60.4 Å². The lowest BCUT2D eigenvalue weighted by atomic mass is 10.1. The molecule has 0 aliphatic carbocycles. The first-order chi connectivity index (χ1) is 11.0. The average Bonchev–Trinajstić information content (AvgIpc) is 2.71. The Labute approximate surface area is 135 Å². The number of amides is 4. The summed E-state index contributed by atoms with van der Waals surface area (Å²) in [7, 11) is 0. The highest BCUT2D eigenvalue weighted by atomic mass is 16.2. The molecule has 2 rings (SSSR count). The molecule has 4 amide bonds. The molecular weight excluding hydrogens is 296 g/mol. The molecule has 124 valence electrons. The highest BCUT2D eigenvalue weighted by Crippen LogP contribution is 2.11. The van der Waals surface area contributed by atoms with Gasteiger partial charge in [0.05, 0.1) is 6.54 Å². The molecule has 1 aromatic rings. The fourth-order valence-electron chi connectivity index (χ4n) is 2.67. The maximum absolute atomic E-state index is 12.5. The lowest BCUT2D eigenvalue weighted by Crippen LogP contribution is -2.43. The van der Waals surface area contributed by atoms with Crippen molar-refractivity contribution in [2.45, 2.75) is 13.3 Å². The SMILES string of the molecule is Cc1cccc(C(=O)N2CCCN(CC(=O)NC(N)=O)CC2)c1. The first-order valence-corrected chi connectivity index (χ1v) is 7.63. The number of nitrogens with one attached hydrogen (secondary N) is 1. The summed E-state index contributed by atoms with van der Waals surface area (Å²) in [4.78, 5) is 38.5. The fraction of sp³-hybridized carbons (Fsp3) is 0.438. The molecule has 0 unspecified atom stereocenters. The van der Waals surface area contributed by atoms with E-state index >= 15 is 0 Å². The Balaban J connectivity index is 1.92. The van der Waals surface area contributed by atoms with E-state index in [9.17, 15) is 14.4 Å². The van der Waals surface area contributed by atoms with Crippen molar-refractivity contribution in [2.24, 2.45) is 5.73 Å². The van der Waals surface area contributed by atoms with Crippen LogP contribution in [0.3, 0.4) is 0 Å². The van der Waals surface area contributed by atoms with Crippen LogP contribution in [0.25, 0.3) is 0 Å². The molecule has 1 aliphatic heterocycles. The van der Waals surface area contributed by atoms with Crippen LogP contribution >= 0.6 is 0 Å². The molecule has 7 nitrogen and oxygen atoms in total. The maximum Gasteiger partial charge on any atom is 0.318 e. The number of benzene rings is 1. The minimum atomic E-state index is -0.846. The van der Waals surface area contributed by atoms with Crippen molar-refractivity contribution in [3.63, 3.8) is 0 Å². The second kappa shape index (κ2) is 7.73. The summed E-state index contributed by atoms with van der Waals surface area (Å²) in [5, 5.41) is 2.05. The Morgan fingerprint density at radius 3 is 2.65 bits per heavy atom. The van der Waals surface area contributed by atoms with Crippen LogP contribution < -0.4 is 11.1 Å². The number of nitrogens with two attached hydrogens (primary N) is 1. The van der Waals surface area contributed by atoms with Crippen LogP contribution in [0.5, 0.6) is 0 Å². The number of rotatable bonds is 3. The second-order valence-corrected chi connectivity index (χ2v) is 5.70. The second-order valence-electron chi connectivity index (χ2n) is 5.70. The minimum absolute atomic E-state index is 0.0112. The van der Waals surface area contributed by atoms with Crippen LogP contribution in [0.1, 0.15) is 22.3 Å². The fourth-order valence-corrected chi connectivity index (χ4v) is 2.67. The zero-order valence-corrected chi connectivity index (χ0v) is 13.2. The largest absolute Gasteiger partial charge is 0.351 e. The van der Waals surface area contributed by atoms with Crippen molar-refractivity contribution < 1.29 is 14.4 Å². The Kier molecular flexibility index (Phi) is 5.70. The van der Waals surface area contributed by atoms with Crippen LogP contribution in [0.4, 0.5) is 4.79 Å². The molecule has 0 aromatic heterocycles. The quantitative estimate of drug-likeness (QED) is 0.840. The standard InChI is InChI=1S/C16H22N4O3/c1-12-4-2-5-13(10-12)15(22)20-7-3-6-19(8-9-20)11-14(21)18-16(17)23/h2,4-5,10H,3,6-9,11H2,1H3,(H3,17,18,21,23). The van der Waals surface area contributed by atoms with E-state index in [2.05, 4.69) is 5.32 Å². The van der Waals surface area contributed by atoms with E-state index in [1.54, 1.807) is 4.90 Å². The average molecular weight is 318 g/mol. The maximum atomic E-state index is 12.5. The summed E-state index contributed by atoms with van der Waals surface area (Å²) in [6, 6.07) is 6.68. The molecule has 1 aliphatic rings. The van der Waals surface area contributed by atoms with Gasteiger partial charge in [0.1, 0.15) is 0 Å². The van der Waals surface area contributed by atoms with Crippen molar-refractivity contribution in [3.05, 3.63) is 35.4 Å². The molecule has 23 heavy (non-hydrogen) atoms. The molecule has 0 spiro atoms. The molecule has 7 heteroatoms. The van der Waals surface area contributed by atoms with Crippen LogP contribution in [-0.2, 0) is 4.79 Å². The first-order valence-electron chi connectivity index (χ1n) is 7.63. The number of primary amides is 1. The third-order valence-corrected chi connectivity index (χ3v) is 3.77. The molecule has 0 radical (unpaired) electrons. The Hall–Kier alpha value is -2.41. The first kappa shape index (κ1) is 17.0. The van der Waals surface area contributed by atoms with Gasteiger partial charge >= 0.3 is 6.03 Å². The molecule has 0 bridgehead atoms.